The van der Waals surface area contributed by atoms with Crippen molar-refractivity contribution in [2.75, 3.05) is 26.7 Å². The number of nitrogens with one attached hydrogen (secondary N) is 3. The highest BCUT2D eigenvalue weighted by atomic mass is 16.2. The minimum atomic E-state index is -0.0563. The molecule has 0 atom stereocenters. The van der Waals surface area contributed by atoms with Crippen LogP contribution in [-0.4, -0.2) is 38.5 Å². The SMILES string of the molecule is CNCCCNC(=O)CCNC(=O)Cc1ccccc1. The third-order valence-electron chi connectivity index (χ3n) is 2.81. The molecular weight excluding hydrogens is 254 g/mol. The van der Waals surface area contributed by atoms with Crippen LogP contribution >= 0.6 is 0 Å². The summed E-state index contributed by atoms with van der Waals surface area (Å²) in [4.78, 5) is 23.1. The number of amides is 2. The lowest BCUT2D eigenvalue weighted by Gasteiger charge is -2.06. The molecule has 0 heterocycles. The minimum Gasteiger partial charge on any atom is -0.356 e. The van der Waals surface area contributed by atoms with Gasteiger partial charge in [0.25, 0.3) is 0 Å². The number of hydrogen-bond donors (Lipinski definition) is 3. The summed E-state index contributed by atoms with van der Waals surface area (Å²) in [6, 6.07) is 9.55. The molecule has 0 aliphatic heterocycles. The number of carbonyl (C=O) groups is 2. The number of hydrogen-bond acceptors (Lipinski definition) is 3. The van der Waals surface area contributed by atoms with Crippen LogP contribution in [0.3, 0.4) is 0 Å². The summed E-state index contributed by atoms with van der Waals surface area (Å²) < 4.78 is 0. The molecule has 5 heteroatoms. The van der Waals surface area contributed by atoms with E-state index in [0.29, 0.717) is 25.9 Å². The molecule has 110 valence electrons. The van der Waals surface area contributed by atoms with Gasteiger partial charge in [0.05, 0.1) is 6.42 Å². The van der Waals surface area contributed by atoms with Crippen LogP contribution in [-0.2, 0) is 16.0 Å². The quantitative estimate of drug-likeness (QED) is 0.574. The molecule has 0 saturated carbocycles. The van der Waals surface area contributed by atoms with Crippen LogP contribution in [0.25, 0.3) is 0 Å². The van der Waals surface area contributed by atoms with E-state index in [-0.39, 0.29) is 11.8 Å². The first-order valence-electron chi connectivity index (χ1n) is 6.94. The van der Waals surface area contributed by atoms with Gasteiger partial charge in [-0.25, -0.2) is 0 Å². The molecule has 0 bridgehead atoms. The maximum Gasteiger partial charge on any atom is 0.224 e. The average Bonchev–Trinajstić information content (AvgIpc) is 2.45. The Labute approximate surface area is 120 Å². The van der Waals surface area contributed by atoms with E-state index in [9.17, 15) is 9.59 Å². The Bertz CT molecular complexity index is 407. The second-order valence-electron chi connectivity index (χ2n) is 4.57. The zero-order chi connectivity index (χ0) is 14.6. The molecule has 0 aromatic heterocycles. The first-order chi connectivity index (χ1) is 9.72. The van der Waals surface area contributed by atoms with Crippen LogP contribution in [0.1, 0.15) is 18.4 Å². The van der Waals surface area contributed by atoms with Gasteiger partial charge in [0, 0.05) is 19.5 Å². The minimum absolute atomic E-state index is 0.0267. The lowest BCUT2D eigenvalue weighted by Crippen LogP contribution is -2.32. The van der Waals surface area contributed by atoms with E-state index in [1.807, 2.05) is 37.4 Å². The van der Waals surface area contributed by atoms with Crippen molar-refractivity contribution < 1.29 is 9.59 Å². The van der Waals surface area contributed by atoms with Crippen molar-refractivity contribution in [1.29, 1.82) is 0 Å². The van der Waals surface area contributed by atoms with E-state index < -0.39 is 0 Å². The summed E-state index contributed by atoms with van der Waals surface area (Å²) >= 11 is 0. The van der Waals surface area contributed by atoms with Gasteiger partial charge < -0.3 is 16.0 Å². The normalized spacial score (nSPS) is 10.1. The molecule has 1 rings (SSSR count). The molecule has 1 aromatic rings. The van der Waals surface area contributed by atoms with Crippen LogP contribution in [0.2, 0.25) is 0 Å². The highest BCUT2D eigenvalue weighted by Gasteiger charge is 2.04. The number of rotatable bonds is 9. The standard InChI is InChI=1S/C15H23N3O2/c1-16-9-5-10-17-14(19)8-11-18-15(20)12-13-6-3-2-4-7-13/h2-4,6-7,16H,5,8-12H2,1H3,(H,17,19)(H,18,20). The second-order valence-corrected chi connectivity index (χ2v) is 4.57. The van der Waals surface area contributed by atoms with Gasteiger partial charge in [-0.15, -0.1) is 0 Å². The molecule has 20 heavy (non-hydrogen) atoms. The summed E-state index contributed by atoms with van der Waals surface area (Å²) in [6.07, 6.45) is 1.58. The molecule has 0 aliphatic carbocycles. The van der Waals surface area contributed by atoms with Crippen LogP contribution in [0.15, 0.2) is 30.3 Å². The molecule has 5 nitrogen and oxygen atoms in total. The number of benzene rings is 1. The first-order valence-corrected chi connectivity index (χ1v) is 6.94. The third kappa shape index (κ3) is 7.53. The van der Waals surface area contributed by atoms with E-state index in [1.54, 1.807) is 0 Å². The van der Waals surface area contributed by atoms with E-state index in [2.05, 4.69) is 16.0 Å². The van der Waals surface area contributed by atoms with Crippen molar-refractivity contribution in [2.45, 2.75) is 19.3 Å². The summed E-state index contributed by atoms with van der Waals surface area (Å²) in [5, 5.41) is 8.58. The van der Waals surface area contributed by atoms with E-state index in [1.165, 1.54) is 0 Å². The molecule has 0 aliphatic rings. The largest absolute Gasteiger partial charge is 0.356 e. The van der Waals surface area contributed by atoms with Crippen LogP contribution in [0.4, 0.5) is 0 Å². The average molecular weight is 277 g/mol. The lowest BCUT2D eigenvalue weighted by molar-refractivity contribution is -0.122. The maximum atomic E-state index is 11.6. The van der Waals surface area contributed by atoms with Crippen molar-refractivity contribution >= 4 is 11.8 Å². The topological polar surface area (TPSA) is 70.2 Å². The van der Waals surface area contributed by atoms with Gasteiger partial charge in [0.15, 0.2) is 0 Å². The Morgan fingerprint density at radius 3 is 2.35 bits per heavy atom. The summed E-state index contributed by atoms with van der Waals surface area (Å²) in [7, 11) is 1.88. The molecule has 0 spiro atoms. The Hall–Kier alpha value is -1.88. The van der Waals surface area contributed by atoms with Crippen LogP contribution in [0.5, 0.6) is 0 Å². The van der Waals surface area contributed by atoms with Crippen molar-refractivity contribution in [3.05, 3.63) is 35.9 Å². The summed E-state index contributed by atoms with van der Waals surface area (Å²) in [6.45, 7) is 1.93. The molecule has 0 radical (unpaired) electrons. The molecule has 0 fully saturated rings. The van der Waals surface area contributed by atoms with E-state index in [0.717, 1.165) is 18.5 Å². The fourth-order valence-electron chi connectivity index (χ4n) is 1.74. The van der Waals surface area contributed by atoms with Gasteiger partial charge in [0.2, 0.25) is 11.8 Å². The van der Waals surface area contributed by atoms with E-state index in [4.69, 9.17) is 0 Å². The molecule has 0 saturated heterocycles. The molecule has 3 N–H and O–H groups in total. The van der Waals surface area contributed by atoms with Crippen molar-refractivity contribution in [3.8, 4) is 0 Å². The predicted octanol–water partition coefficient (Wildman–Crippen LogP) is 0.461. The third-order valence-corrected chi connectivity index (χ3v) is 2.81. The smallest absolute Gasteiger partial charge is 0.224 e. The lowest BCUT2D eigenvalue weighted by atomic mass is 10.1. The van der Waals surface area contributed by atoms with Crippen molar-refractivity contribution in [2.24, 2.45) is 0 Å². The van der Waals surface area contributed by atoms with Crippen LogP contribution in [0, 0.1) is 0 Å². The highest BCUT2D eigenvalue weighted by Crippen LogP contribution is 1.98. The second kappa shape index (κ2) is 9.97. The predicted molar refractivity (Wildman–Crippen MR) is 79.3 cm³/mol. The van der Waals surface area contributed by atoms with E-state index >= 15 is 0 Å². The molecule has 0 unspecified atom stereocenters. The zero-order valence-electron chi connectivity index (χ0n) is 11.9. The van der Waals surface area contributed by atoms with Gasteiger partial charge in [-0.1, -0.05) is 30.3 Å². The number of carbonyl (C=O) groups excluding carboxylic acids is 2. The Balaban J connectivity index is 2.08. The zero-order valence-corrected chi connectivity index (χ0v) is 11.9. The molecule has 1 aromatic carbocycles. The van der Waals surface area contributed by atoms with Crippen molar-refractivity contribution in [1.82, 2.24) is 16.0 Å². The monoisotopic (exact) mass is 277 g/mol. The Morgan fingerprint density at radius 2 is 1.65 bits per heavy atom. The maximum absolute atomic E-state index is 11.6. The Morgan fingerprint density at radius 1 is 0.950 bits per heavy atom. The fraction of sp³-hybridized carbons (Fsp3) is 0.467. The first kappa shape index (κ1) is 16.2. The Kier molecular flexibility index (Phi) is 8.07. The summed E-state index contributed by atoms with van der Waals surface area (Å²) in [5.74, 6) is -0.0831. The fourth-order valence-corrected chi connectivity index (χ4v) is 1.74. The molecule has 2 amide bonds. The van der Waals surface area contributed by atoms with Gasteiger partial charge in [0.1, 0.15) is 0 Å². The van der Waals surface area contributed by atoms with Gasteiger partial charge in [-0.05, 0) is 25.6 Å². The van der Waals surface area contributed by atoms with Crippen molar-refractivity contribution in [3.63, 3.8) is 0 Å². The highest BCUT2D eigenvalue weighted by molar-refractivity contribution is 5.80. The van der Waals surface area contributed by atoms with Gasteiger partial charge in [-0.3, -0.25) is 9.59 Å². The summed E-state index contributed by atoms with van der Waals surface area (Å²) in [5.41, 5.74) is 0.974. The van der Waals surface area contributed by atoms with Gasteiger partial charge in [-0.2, -0.15) is 0 Å². The van der Waals surface area contributed by atoms with Gasteiger partial charge >= 0.3 is 0 Å². The van der Waals surface area contributed by atoms with Crippen LogP contribution < -0.4 is 16.0 Å². The molecular formula is C15H23N3O2.